The van der Waals surface area contributed by atoms with Crippen molar-refractivity contribution in [3.8, 4) is 20.9 Å². The van der Waals surface area contributed by atoms with Crippen LogP contribution >= 0.6 is 18.9 Å². The summed E-state index contributed by atoms with van der Waals surface area (Å²) in [4.78, 5) is 2.04. The van der Waals surface area contributed by atoms with Gasteiger partial charge in [-0.25, -0.2) is 0 Å². The van der Waals surface area contributed by atoms with Crippen LogP contribution in [0.2, 0.25) is 0 Å². The van der Waals surface area contributed by atoms with Crippen LogP contribution in [0.15, 0.2) is 91.0 Å². The summed E-state index contributed by atoms with van der Waals surface area (Å²) in [5.41, 5.74) is 2.21. The second-order valence-electron chi connectivity index (χ2n) is 10.7. The Bertz CT molecular complexity index is 1590. The number of benzene rings is 4. The molecule has 0 atom stereocenters. The molecule has 1 aromatic heterocycles. The molecule has 0 aliphatic carbocycles. The van der Waals surface area contributed by atoms with Crippen molar-refractivity contribution in [2.75, 3.05) is 13.2 Å². The number of rotatable bonds is 15. The third-order valence-electron chi connectivity index (χ3n) is 7.62. The topological polar surface area (TPSA) is 35.5 Å². The molecule has 0 unspecified atom stereocenters. The smallest absolute Gasteiger partial charge is 0.305 e. The van der Waals surface area contributed by atoms with E-state index < -0.39 is 7.60 Å². The van der Waals surface area contributed by atoms with Gasteiger partial charge in [0, 0.05) is 10.4 Å². The van der Waals surface area contributed by atoms with Gasteiger partial charge >= 0.3 is 7.60 Å². The maximum atomic E-state index is 14.9. The number of unbranched alkanes of at least 4 members (excludes halogenated alkanes) is 6. The van der Waals surface area contributed by atoms with Gasteiger partial charge in [-0.3, -0.25) is 4.57 Å². The first kappa shape index (κ1) is 29.7. The quantitative estimate of drug-likeness (QED) is 0.0907. The average Bonchev–Trinajstić information content (AvgIpc) is 3.46. The van der Waals surface area contributed by atoms with Crippen molar-refractivity contribution in [1.82, 2.24) is 0 Å². The highest BCUT2D eigenvalue weighted by Gasteiger charge is 2.34. The van der Waals surface area contributed by atoms with Crippen molar-refractivity contribution in [3.63, 3.8) is 0 Å². The van der Waals surface area contributed by atoms with Gasteiger partial charge in [-0.05, 0) is 46.0 Å². The van der Waals surface area contributed by atoms with Crippen LogP contribution in [0.1, 0.15) is 65.2 Å². The van der Waals surface area contributed by atoms with Gasteiger partial charge in [-0.15, -0.1) is 11.3 Å². The maximum Gasteiger partial charge on any atom is 0.362 e. The molecule has 0 aliphatic heterocycles. The molecule has 214 valence electrons. The highest BCUT2D eigenvalue weighted by Crippen LogP contribution is 2.53. The van der Waals surface area contributed by atoms with Gasteiger partial charge in [0.05, 0.1) is 23.4 Å². The van der Waals surface area contributed by atoms with Gasteiger partial charge in [-0.2, -0.15) is 0 Å². The zero-order valence-electron chi connectivity index (χ0n) is 24.3. The summed E-state index contributed by atoms with van der Waals surface area (Å²) in [5, 5.41) is 5.36. The highest BCUT2D eigenvalue weighted by molar-refractivity contribution is 7.63. The number of thiophene rings is 1. The van der Waals surface area contributed by atoms with Crippen LogP contribution in [-0.4, -0.2) is 13.2 Å². The summed E-state index contributed by atoms with van der Waals surface area (Å²) in [6.45, 7) is 5.25. The standard InChI is InChI=1S/C36H41O3PS/c1-3-5-7-13-25-38-40(37,39-26-14-8-6-4-2)34-27-35(32-23-15-19-28-17-9-11-21-30(28)32)41-36(34)33-24-16-20-29-18-10-12-22-31(29)33/h9-12,15-24,27H,3-8,13-14,25-26H2,1-2H3. The Labute approximate surface area is 249 Å². The molecule has 1 heterocycles. The molecular formula is C36H41O3PS. The van der Waals surface area contributed by atoms with Gasteiger partial charge in [0.1, 0.15) is 0 Å². The van der Waals surface area contributed by atoms with Crippen LogP contribution in [0.25, 0.3) is 42.4 Å². The molecule has 0 bridgehead atoms. The Morgan fingerprint density at radius 3 is 1.71 bits per heavy atom. The Morgan fingerprint density at radius 1 is 0.610 bits per heavy atom. The molecule has 0 radical (unpaired) electrons. The zero-order chi connectivity index (χ0) is 28.5. The molecule has 0 aliphatic rings. The lowest BCUT2D eigenvalue weighted by Crippen LogP contribution is -2.12. The van der Waals surface area contributed by atoms with E-state index in [9.17, 15) is 4.57 Å². The fraction of sp³-hybridized carbons (Fsp3) is 0.333. The molecule has 41 heavy (non-hydrogen) atoms. The van der Waals surface area contributed by atoms with Crippen molar-refractivity contribution < 1.29 is 13.6 Å². The van der Waals surface area contributed by atoms with Crippen LogP contribution in [0, 0.1) is 0 Å². The second-order valence-corrected chi connectivity index (χ2v) is 13.7. The third-order valence-corrected chi connectivity index (χ3v) is 11.0. The van der Waals surface area contributed by atoms with E-state index in [2.05, 4.69) is 105 Å². The van der Waals surface area contributed by atoms with Gasteiger partial charge < -0.3 is 9.05 Å². The lowest BCUT2D eigenvalue weighted by atomic mass is 10.0. The van der Waals surface area contributed by atoms with Crippen LogP contribution in [0.3, 0.4) is 0 Å². The summed E-state index contributed by atoms with van der Waals surface area (Å²) in [6, 6.07) is 31.7. The fourth-order valence-electron chi connectivity index (χ4n) is 5.38. The van der Waals surface area contributed by atoms with Crippen LogP contribution in [0.4, 0.5) is 0 Å². The van der Waals surface area contributed by atoms with Crippen molar-refractivity contribution in [2.45, 2.75) is 65.2 Å². The van der Waals surface area contributed by atoms with E-state index in [4.69, 9.17) is 9.05 Å². The summed E-state index contributed by atoms with van der Waals surface area (Å²) in [7, 11) is -3.60. The largest absolute Gasteiger partial charge is 0.362 e. The Hall–Kier alpha value is -2.75. The molecule has 5 aromatic rings. The van der Waals surface area contributed by atoms with Crippen molar-refractivity contribution in [3.05, 3.63) is 91.0 Å². The SMILES string of the molecule is CCCCCCOP(=O)(OCCCCCC)c1cc(-c2cccc3ccccc23)sc1-c1cccc2ccccc12. The molecule has 0 N–H and O–H groups in total. The van der Waals surface area contributed by atoms with E-state index in [1.807, 2.05) is 0 Å². The van der Waals surface area contributed by atoms with Crippen molar-refractivity contribution in [1.29, 1.82) is 0 Å². The number of hydrogen-bond acceptors (Lipinski definition) is 4. The minimum absolute atomic E-state index is 0.431. The predicted molar refractivity (Wildman–Crippen MR) is 178 cm³/mol. The highest BCUT2D eigenvalue weighted by atomic mass is 32.1. The number of hydrogen-bond donors (Lipinski definition) is 0. The van der Waals surface area contributed by atoms with Crippen LogP contribution in [-0.2, 0) is 13.6 Å². The monoisotopic (exact) mass is 584 g/mol. The zero-order valence-corrected chi connectivity index (χ0v) is 26.0. The molecule has 0 saturated carbocycles. The minimum atomic E-state index is -3.60. The van der Waals surface area contributed by atoms with Gasteiger partial charge in [0.25, 0.3) is 0 Å². The van der Waals surface area contributed by atoms with E-state index in [0.717, 1.165) is 83.0 Å². The molecule has 3 nitrogen and oxygen atoms in total. The minimum Gasteiger partial charge on any atom is -0.305 e. The Morgan fingerprint density at radius 2 is 1.12 bits per heavy atom. The summed E-state index contributed by atoms with van der Waals surface area (Å²) < 4.78 is 27.5. The lowest BCUT2D eigenvalue weighted by Gasteiger charge is -2.20. The van der Waals surface area contributed by atoms with Crippen molar-refractivity contribution in [2.24, 2.45) is 0 Å². The maximum absolute atomic E-state index is 14.9. The molecule has 5 rings (SSSR count). The lowest BCUT2D eigenvalue weighted by molar-refractivity contribution is 0.206. The van der Waals surface area contributed by atoms with E-state index in [-0.39, 0.29) is 0 Å². The van der Waals surface area contributed by atoms with E-state index >= 15 is 0 Å². The fourth-order valence-corrected chi connectivity index (χ4v) is 8.82. The van der Waals surface area contributed by atoms with Crippen LogP contribution < -0.4 is 5.30 Å². The first-order valence-electron chi connectivity index (χ1n) is 15.1. The van der Waals surface area contributed by atoms with Gasteiger partial charge in [-0.1, -0.05) is 137 Å². The summed E-state index contributed by atoms with van der Waals surface area (Å²) in [6.07, 6.45) is 8.47. The number of fused-ring (bicyclic) bond motifs is 2. The first-order valence-corrected chi connectivity index (χ1v) is 17.5. The van der Waals surface area contributed by atoms with Gasteiger partial charge in [0.15, 0.2) is 0 Å². The van der Waals surface area contributed by atoms with E-state index in [0.29, 0.717) is 18.5 Å². The van der Waals surface area contributed by atoms with Crippen LogP contribution in [0.5, 0.6) is 0 Å². The molecule has 0 amide bonds. The second kappa shape index (κ2) is 14.4. The molecule has 0 saturated heterocycles. The average molecular weight is 585 g/mol. The molecule has 5 heteroatoms. The molecule has 0 fully saturated rings. The first-order chi connectivity index (χ1) is 20.1. The van der Waals surface area contributed by atoms with E-state index in [1.54, 1.807) is 11.3 Å². The van der Waals surface area contributed by atoms with Crippen molar-refractivity contribution >= 4 is 45.8 Å². The Kier molecular flexibility index (Phi) is 10.5. The molecule has 0 spiro atoms. The molecular weight excluding hydrogens is 543 g/mol. The predicted octanol–water partition coefficient (Wildman–Crippen LogP) is 11.4. The van der Waals surface area contributed by atoms with Gasteiger partial charge in [0.2, 0.25) is 0 Å². The summed E-state index contributed by atoms with van der Waals surface area (Å²) >= 11 is 1.68. The third kappa shape index (κ3) is 7.01. The van der Waals surface area contributed by atoms with E-state index in [1.165, 1.54) is 10.8 Å². The molecule has 4 aromatic carbocycles. The Balaban J connectivity index is 1.63. The normalized spacial score (nSPS) is 12.0. The summed E-state index contributed by atoms with van der Waals surface area (Å²) in [5.74, 6) is 0.